The monoisotopic (exact) mass is 207 g/mol. The van der Waals surface area contributed by atoms with Crippen molar-refractivity contribution < 1.29 is 4.79 Å². The van der Waals surface area contributed by atoms with Crippen molar-refractivity contribution in [1.29, 1.82) is 0 Å². The molecule has 1 aliphatic heterocycles. The number of hydrogen-bond donors (Lipinski definition) is 0. The molecular weight excluding hydrogens is 192 g/mol. The van der Waals surface area contributed by atoms with E-state index in [1.54, 1.807) is 25.2 Å². The van der Waals surface area contributed by atoms with Crippen LogP contribution in [0.3, 0.4) is 0 Å². The topological polar surface area (TPSA) is 41.4 Å². The van der Waals surface area contributed by atoms with Crippen LogP contribution in [0.25, 0.3) is 0 Å². The van der Waals surface area contributed by atoms with Crippen LogP contribution in [-0.4, -0.2) is 52.8 Å². The molecule has 5 heteroatoms. The molecule has 1 unspecified atom stereocenters. The lowest BCUT2D eigenvalue weighted by Crippen LogP contribution is -2.37. The second-order valence-corrected chi connectivity index (χ2v) is 3.99. The lowest BCUT2D eigenvalue weighted by Gasteiger charge is -2.21. The molecule has 0 spiro atoms. The molecule has 2 rings (SSSR count). The molecule has 0 aliphatic carbocycles. The Kier molecular flexibility index (Phi) is 2.62. The van der Waals surface area contributed by atoms with Crippen LogP contribution in [0, 0.1) is 6.07 Å². The minimum absolute atomic E-state index is 0.0774. The Labute approximate surface area is 89.3 Å². The predicted molar refractivity (Wildman–Crippen MR) is 55.4 cm³/mol. The van der Waals surface area contributed by atoms with E-state index in [-0.39, 0.29) is 6.03 Å². The molecule has 1 radical (unpaired) electrons. The van der Waals surface area contributed by atoms with Crippen LogP contribution in [-0.2, 0) is 0 Å². The van der Waals surface area contributed by atoms with Gasteiger partial charge in [0.1, 0.15) is 0 Å². The van der Waals surface area contributed by atoms with E-state index in [0.29, 0.717) is 6.04 Å². The maximum absolute atomic E-state index is 11.7. The average Bonchev–Trinajstić information content (AvgIpc) is 2.86. The van der Waals surface area contributed by atoms with Gasteiger partial charge in [-0.25, -0.2) is 4.79 Å². The van der Waals surface area contributed by atoms with Crippen LogP contribution < -0.4 is 0 Å². The van der Waals surface area contributed by atoms with Gasteiger partial charge in [-0.3, -0.25) is 4.68 Å². The van der Waals surface area contributed by atoms with Crippen molar-refractivity contribution in [3.63, 3.8) is 0 Å². The summed E-state index contributed by atoms with van der Waals surface area (Å²) in [5.74, 6) is 0. The zero-order valence-corrected chi connectivity index (χ0v) is 9.05. The summed E-state index contributed by atoms with van der Waals surface area (Å²) in [6, 6.07) is 3.29. The van der Waals surface area contributed by atoms with Gasteiger partial charge in [0, 0.05) is 39.4 Å². The number of carbonyl (C=O) groups excluding carboxylic acids is 1. The number of likely N-dealkylation sites (tertiary alicyclic amines) is 1. The summed E-state index contributed by atoms with van der Waals surface area (Å²) in [4.78, 5) is 15.1. The van der Waals surface area contributed by atoms with Gasteiger partial charge < -0.3 is 9.80 Å². The Morgan fingerprint density at radius 3 is 3.00 bits per heavy atom. The van der Waals surface area contributed by atoms with Gasteiger partial charge in [-0.15, -0.1) is 0 Å². The van der Waals surface area contributed by atoms with E-state index in [1.807, 2.05) is 15.8 Å². The van der Waals surface area contributed by atoms with Crippen LogP contribution in [0.1, 0.15) is 12.5 Å². The Hall–Kier alpha value is -1.52. The van der Waals surface area contributed by atoms with Crippen molar-refractivity contribution in [2.75, 3.05) is 27.2 Å². The third-order valence-electron chi connectivity index (χ3n) is 2.66. The average molecular weight is 207 g/mol. The van der Waals surface area contributed by atoms with Gasteiger partial charge in [0.15, 0.2) is 0 Å². The lowest BCUT2D eigenvalue weighted by atomic mass is 10.3. The second-order valence-electron chi connectivity index (χ2n) is 3.99. The van der Waals surface area contributed by atoms with Crippen molar-refractivity contribution in [1.82, 2.24) is 19.6 Å². The number of urea groups is 1. The Morgan fingerprint density at radius 1 is 1.60 bits per heavy atom. The maximum Gasteiger partial charge on any atom is 0.319 e. The highest BCUT2D eigenvalue weighted by atomic mass is 16.2. The first kappa shape index (κ1) is 10.0. The minimum Gasteiger partial charge on any atom is -0.331 e. The summed E-state index contributed by atoms with van der Waals surface area (Å²) in [5.41, 5.74) is 0. The van der Waals surface area contributed by atoms with Crippen molar-refractivity contribution in [3.8, 4) is 0 Å². The van der Waals surface area contributed by atoms with Crippen molar-refractivity contribution in [3.05, 3.63) is 18.5 Å². The Bertz CT molecular complexity index is 333. The number of hydrogen-bond acceptors (Lipinski definition) is 2. The molecule has 81 valence electrons. The van der Waals surface area contributed by atoms with Crippen LogP contribution in [0.5, 0.6) is 0 Å². The SMILES string of the molecule is CN(C)C(=O)N1CCC(n2c[c]cn2)C1. The highest BCUT2D eigenvalue weighted by Gasteiger charge is 2.28. The van der Waals surface area contributed by atoms with E-state index in [0.717, 1.165) is 19.5 Å². The molecule has 1 aromatic heterocycles. The first-order chi connectivity index (χ1) is 7.18. The molecule has 2 heterocycles. The van der Waals surface area contributed by atoms with Gasteiger partial charge in [-0.05, 0) is 6.42 Å². The fraction of sp³-hybridized carbons (Fsp3) is 0.600. The molecule has 1 aromatic rings. The van der Waals surface area contributed by atoms with Gasteiger partial charge in [-0.1, -0.05) is 0 Å². The smallest absolute Gasteiger partial charge is 0.319 e. The van der Waals surface area contributed by atoms with Crippen LogP contribution in [0.15, 0.2) is 12.4 Å². The number of rotatable bonds is 1. The zero-order valence-electron chi connectivity index (χ0n) is 9.05. The second kappa shape index (κ2) is 3.92. The maximum atomic E-state index is 11.7. The molecule has 1 saturated heterocycles. The van der Waals surface area contributed by atoms with Crippen molar-refractivity contribution in [2.45, 2.75) is 12.5 Å². The third-order valence-corrected chi connectivity index (χ3v) is 2.66. The molecule has 1 atom stereocenters. The molecule has 0 bridgehead atoms. The molecule has 5 nitrogen and oxygen atoms in total. The molecule has 1 fully saturated rings. The molecule has 0 saturated carbocycles. The summed E-state index contributed by atoms with van der Waals surface area (Å²) in [6.45, 7) is 1.55. The van der Waals surface area contributed by atoms with E-state index >= 15 is 0 Å². The van der Waals surface area contributed by atoms with Gasteiger partial charge in [0.2, 0.25) is 0 Å². The predicted octanol–water partition coefficient (Wildman–Crippen LogP) is 0.612. The Morgan fingerprint density at radius 2 is 2.40 bits per heavy atom. The summed E-state index contributed by atoms with van der Waals surface area (Å²) in [7, 11) is 3.55. The standard InChI is InChI=1S/C10H15N4O/c1-12(2)10(15)13-7-4-9(8-13)14-6-3-5-11-14/h5-6,9H,4,7-8H2,1-2H3. The quantitative estimate of drug-likeness (QED) is 0.677. The van der Waals surface area contributed by atoms with Gasteiger partial charge >= 0.3 is 6.03 Å². The molecule has 0 N–H and O–H groups in total. The molecular formula is C10H15N4O. The van der Waals surface area contributed by atoms with Crippen molar-refractivity contribution >= 4 is 6.03 Å². The highest BCUT2D eigenvalue weighted by Crippen LogP contribution is 2.20. The fourth-order valence-corrected chi connectivity index (χ4v) is 1.86. The van der Waals surface area contributed by atoms with Crippen LogP contribution >= 0.6 is 0 Å². The largest absolute Gasteiger partial charge is 0.331 e. The summed E-state index contributed by atoms with van der Waals surface area (Å²) in [6.07, 6.45) is 4.44. The first-order valence-corrected chi connectivity index (χ1v) is 5.05. The van der Waals surface area contributed by atoms with E-state index in [1.165, 1.54) is 0 Å². The van der Waals surface area contributed by atoms with Gasteiger partial charge in [0.05, 0.1) is 12.2 Å². The Balaban J connectivity index is 1.98. The lowest BCUT2D eigenvalue weighted by molar-refractivity contribution is 0.180. The summed E-state index contributed by atoms with van der Waals surface area (Å²) >= 11 is 0. The number of aromatic nitrogens is 2. The zero-order chi connectivity index (χ0) is 10.8. The normalized spacial score (nSPS) is 20.7. The third kappa shape index (κ3) is 1.95. The fourth-order valence-electron chi connectivity index (χ4n) is 1.86. The van der Waals surface area contributed by atoms with Gasteiger partial charge in [-0.2, -0.15) is 5.10 Å². The molecule has 2 amide bonds. The van der Waals surface area contributed by atoms with Crippen molar-refractivity contribution in [2.24, 2.45) is 0 Å². The van der Waals surface area contributed by atoms with E-state index in [2.05, 4.69) is 11.2 Å². The number of carbonyl (C=O) groups is 1. The number of amides is 2. The van der Waals surface area contributed by atoms with E-state index in [9.17, 15) is 4.79 Å². The molecule has 0 aromatic carbocycles. The van der Waals surface area contributed by atoms with Gasteiger partial charge in [0.25, 0.3) is 0 Å². The van der Waals surface area contributed by atoms with Crippen LogP contribution in [0.2, 0.25) is 0 Å². The van der Waals surface area contributed by atoms with E-state index in [4.69, 9.17) is 0 Å². The first-order valence-electron chi connectivity index (χ1n) is 5.05. The highest BCUT2D eigenvalue weighted by molar-refractivity contribution is 5.74. The minimum atomic E-state index is 0.0774. The summed E-state index contributed by atoms with van der Waals surface area (Å²) < 4.78 is 1.88. The number of nitrogens with zero attached hydrogens (tertiary/aromatic N) is 4. The summed E-state index contributed by atoms with van der Waals surface area (Å²) in [5, 5.41) is 4.15. The van der Waals surface area contributed by atoms with Crippen LogP contribution in [0.4, 0.5) is 4.79 Å². The molecule has 15 heavy (non-hydrogen) atoms. The molecule has 1 aliphatic rings. The van der Waals surface area contributed by atoms with E-state index < -0.39 is 0 Å².